The van der Waals surface area contributed by atoms with E-state index in [9.17, 15) is 18.0 Å². The molecule has 0 fully saturated rings. The molecule has 0 saturated carbocycles. The van der Waals surface area contributed by atoms with Crippen molar-refractivity contribution in [3.8, 4) is 0 Å². The van der Waals surface area contributed by atoms with Crippen LogP contribution in [0.25, 0.3) is 0 Å². The van der Waals surface area contributed by atoms with Gasteiger partial charge in [0.1, 0.15) is 5.70 Å². The van der Waals surface area contributed by atoms with Crippen LogP contribution in [0.3, 0.4) is 0 Å². The zero-order valence-corrected chi connectivity index (χ0v) is 13.2. The first-order valence-corrected chi connectivity index (χ1v) is 7.52. The van der Waals surface area contributed by atoms with Gasteiger partial charge in [0.25, 0.3) is 5.91 Å². The third-order valence-corrected chi connectivity index (χ3v) is 3.48. The highest BCUT2D eigenvalue weighted by Crippen LogP contribution is 2.32. The number of carbonyl (C=O) groups excluding carboxylic acids is 1. The topological polar surface area (TPSA) is 67.5 Å². The molecule has 0 aliphatic heterocycles. The van der Waals surface area contributed by atoms with Crippen LogP contribution in [0.5, 0.6) is 0 Å². The maximum Gasteiger partial charge on any atom is 0.416 e. The molecule has 7 heteroatoms. The number of nitrogens with zero attached hydrogens (tertiary/aromatic N) is 1. The van der Waals surface area contributed by atoms with E-state index in [0.717, 1.165) is 12.1 Å². The minimum Gasteiger partial charge on any atom is -0.394 e. The molecule has 1 amide bonds. The second kappa shape index (κ2) is 7.33. The Morgan fingerprint density at radius 1 is 1.38 bits per heavy atom. The number of rotatable bonds is 3. The zero-order valence-electron chi connectivity index (χ0n) is 13.2. The van der Waals surface area contributed by atoms with E-state index < -0.39 is 17.6 Å². The van der Waals surface area contributed by atoms with Crippen molar-refractivity contribution in [1.82, 2.24) is 5.32 Å². The van der Waals surface area contributed by atoms with Gasteiger partial charge in [0.2, 0.25) is 0 Å². The highest BCUT2D eigenvalue weighted by molar-refractivity contribution is 6.14. The lowest BCUT2D eigenvalue weighted by Crippen LogP contribution is -2.30. The molecule has 128 valence electrons. The number of allylic oxidation sites excluding steroid dienone is 3. The van der Waals surface area contributed by atoms with E-state index in [0.29, 0.717) is 30.7 Å². The predicted molar refractivity (Wildman–Crippen MR) is 86.8 cm³/mol. The Morgan fingerprint density at radius 3 is 2.79 bits per heavy atom. The monoisotopic (exact) mass is 337 g/mol. The molecule has 0 unspecified atom stereocenters. The summed E-state index contributed by atoms with van der Waals surface area (Å²) in [6.45, 7) is 2.21. The second-order valence-corrected chi connectivity index (χ2v) is 5.24. The molecule has 0 radical (unpaired) electrons. The van der Waals surface area contributed by atoms with Crippen LogP contribution in [0.15, 0.2) is 52.7 Å². The third kappa shape index (κ3) is 4.24. The summed E-state index contributed by atoms with van der Waals surface area (Å²) in [4.78, 5) is 16.2. The van der Waals surface area contributed by atoms with Gasteiger partial charge in [-0.2, -0.15) is 13.2 Å². The van der Waals surface area contributed by atoms with Gasteiger partial charge in [-0.05, 0) is 44.0 Å². The normalized spacial score (nSPS) is 18.6. The van der Waals surface area contributed by atoms with Crippen LogP contribution in [0.2, 0.25) is 0 Å². The molecule has 1 aromatic rings. The fraction of sp³-hybridized carbons (Fsp3) is 0.294. The smallest absolute Gasteiger partial charge is 0.394 e. The van der Waals surface area contributed by atoms with Crippen LogP contribution >= 0.6 is 0 Å². The quantitative estimate of drug-likeness (QED) is 0.829. The summed E-state index contributed by atoms with van der Waals surface area (Å²) in [5.74, 6) is -0.403. The number of halogens is 3. The summed E-state index contributed by atoms with van der Waals surface area (Å²) in [7, 11) is 0. The van der Waals surface area contributed by atoms with Crippen molar-refractivity contribution in [1.29, 1.82) is 0 Å². The molecule has 0 heterocycles. The number of nitrogens with two attached hydrogens (primary N) is 1. The van der Waals surface area contributed by atoms with E-state index in [1.54, 1.807) is 13.0 Å². The van der Waals surface area contributed by atoms with Crippen LogP contribution in [0, 0.1) is 0 Å². The molecule has 3 N–H and O–H groups in total. The molecule has 1 aliphatic carbocycles. The van der Waals surface area contributed by atoms with Gasteiger partial charge in [0, 0.05) is 12.1 Å². The van der Waals surface area contributed by atoms with Crippen LogP contribution in [-0.4, -0.2) is 18.2 Å². The molecule has 0 spiro atoms. The van der Waals surface area contributed by atoms with Crippen LogP contribution in [0.4, 0.5) is 18.9 Å². The number of nitrogens with one attached hydrogen (secondary N) is 1. The van der Waals surface area contributed by atoms with Gasteiger partial charge < -0.3 is 11.1 Å². The van der Waals surface area contributed by atoms with E-state index in [1.807, 2.05) is 6.08 Å². The number of alkyl halides is 3. The van der Waals surface area contributed by atoms with Gasteiger partial charge in [-0.15, -0.1) is 0 Å². The SMILES string of the molecule is CCNC(=O)/C(N)=C1\CCC=CC1=Nc1cccc(C(F)(F)F)c1. The van der Waals surface area contributed by atoms with Gasteiger partial charge in [-0.25, -0.2) is 4.99 Å². The first-order valence-electron chi connectivity index (χ1n) is 7.52. The molecule has 1 aromatic carbocycles. The number of hydrogen-bond donors (Lipinski definition) is 2. The first-order chi connectivity index (χ1) is 11.3. The fourth-order valence-electron chi connectivity index (χ4n) is 2.31. The molecule has 2 rings (SSSR count). The predicted octanol–water partition coefficient (Wildman–Crippen LogP) is 3.48. The number of benzene rings is 1. The van der Waals surface area contributed by atoms with Gasteiger partial charge in [-0.1, -0.05) is 12.1 Å². The van der Waals surface area contributed by atoms with E-state index in [1.165, 1.54) is 12.1 Å². The summed E-state index contributed by atoms with van der Waals surface area (Å²) in [5.41, 5.74) is 6.28. The highest BCUT2D eigenvalue weighted by Gasteiger charge is 2.30. The van der Waals surface area contributed by atoms with Crippen molar-refractivity contribution >= 4 is 17.3 Å². The Labute approximate surface area is 138 Å². The van der Waals surface area contributed by atoms with Crippen molar-refractivity contribution in [2.24, 2.45) is 10.7 Å². The molecule has 1 aliphatic rings. The van der Waals surface area contributed by atoms with Crippen LogP contribution in [-0.2, 0) is 11.0 Å². The Morgan fingerprint density at radius 2 is 2.12 bits per heavy atom. The number of likely N-dealkylation sites (N-methyl/N-ethyl adjacent to an activating group) is 1. The molecule has 0 bridgehead atoms. The Hall–Kier alpha value is -2.57. The fourth-order valence-corrected chi connectivity index (χ4v) is 2.31. The summed E-state index contributed by atoms with van der Waals surface area (Å²) in [5, 5.41) is 2.61. The van der Waals surface area contributed by atoms with Gasteiger partial charge in [0.15, 0.2) is 0 Å². The van der Waals surface area contributed by atoms with E-state index >= 15 is 0 Å². The third-order valence-electron chi connectivity index (χ3n) is 3.48. The van der Waals surface area contributed by atoms with Gasteiger partial charge in [-0.3, -0.25) is 4.79 Å². The summed E-state index contributed by atoms with van der Waals surface area (Å²) >= 11 is 0. The van der Waals surface area contributed by atoms with Gasteiger partial charge in [0.05, 0.1) is 17.0 Å². The minimum atomic E-state index is -4.43. The number of aliphatic imine (C=N–C) groups is 1. The molecular weight excluding hydrogens is 319 g/mol. The Bertz CT molecular complexity index is 718. The molecule has 24 heavy (non-hydrogen) atoms. The molecule has 0 saturated heterocycles. The lowest BCUT2D eigenvalue weighted by Gasteiger charge is -2.15. The molecule has 4 nitrogen and oxygen atoms in total. The average Bonchev–Trinajstić information content (AvgIpc) is 2.54. The second-order valence-electron chi connectivity index (χ2n) is 5.24. The molecule has 0 atom stereocenters. The van der Waals surface area contributed by atoms with Crippen molar-refractivity contribution in [2.75, 3.05) is 6.54 Å². The Kier molecular flexibility index (Phi) is 5.43. The molecular formula is C17H18F3N3O. The van der Waals surface area contributed by atoms with Crippen LogP contribution < -0.4 is 11.1 Å². The van der Waals surface area contributed by atoms with E-state index in [4.69, 9.17) is 5.73 Å². The number of amides is 1. The maximum atomic E-state index is 12.8. The first kappa shape index (κ1) is 17.8. The summed E-state index contributed by atoms with van der Waals surface area (Å²) in [6, 6.07) is 4.73. The summed E-state index contributed by atoms with van der Waals surface area (Å²) < 4.78 is 38.4. The Balaban J connectivity index is 2.43. The van der Waals surface area contributed by atoms with Crippen molar-refractivity contribution in [2.45, 2.75) is 25.9 Å². The molecule has 0 aromatic heterocycles. The lowest BCUT2D eigenvalue weighted by molar-refractivity contribution is -0.137. The van der Waals surface area contributed by atoms with Gasteiger partial charge >= 0.3 is 6.18 Å². The van der Waals surface area contributed by atoms with E-state index in [2.05, 4.69) is 10.3 Å². The standard InChI is InChI=1S/C17H18F3N3O/c1-2-22-16(24)15(21)13-8-3-4-9-14(13)23-12-7-5-6-11(10-12)17(18,19)20/h4-7,9-10H,2-3,8,21H2,1H3,(H,22,24)/b15-13-,23-14?. The van der Waals surface area contributed by atoms with Crippen LogP contribution in [0.1, 0.15) is 25.3 Å². The van der Waals surface area contributed by atoms with Crippen molar-refractivity contribution in [3.05, 3.63) is 53.3 Å². The van der Waals surface area contributed by atoms with Crippen molar-refractivity contribution < 1.29 is 18.0 Å². The lowest BCUT2D eigenvalue weighted by atomic mass is 9.96. The highest BCUT2D eigenvalue weighted by atomic mass is 19.4. The number of carbonyl (C=O) groups is 1. The zero-order chi connectivity index (χ0) is 17.7. The average molecular weight is 337 g/mol. The minimum absolute atomic E-state index is 0.0481. The van der Waals surface area contributed by atoms with E-state index in [-0.39, 0.29) is 11.4 Å². The largest absolute Gasteiger partial charge is 0.416 e. The number of hydrogen-bond acceptors (Lipinski definition) is 3. The maximum absolute atomic E-state index is 12.8. The summed E-state index contributed by atoms with van der Waals surface area (Å²) in [6.07, 6.45) is 0.289. The van der Waals surface area contributed by atoms with Crippen molar-refractivity contribution in [3.63, 3.8) is 0 Å².